The highest BCUT2D eigenvalue weighted by molar-refractivity contribution is 5.97. The van der Waals surface area contributed by atoms with Crippen LogP contribution in [0.4, 0.5) is 0 Å². The van der Waals surface area contributed by atoms with Crippen molar-refractivity contribution in [3.8, 4) is 0 Å². The molecule has 45 heavy (non-hydrogen) atoms. The van der Waals surface area contributed by atoms with Gasteiger partial charge < -0.3 is 58.3 Å². The number of carboxylic acids is 1. The number of carboxylic acid groups (broad SMARTS) is 1. The summed E-state index contributed by atoms with van der Waals surface area (Å²) < 4.78 is 0. The summed E-state index contributed by atoms with van der Waals surface area (Å²) in [5.41, 5.74) is 10.6. The van der Waals surface area contributed by atoms with E-state index >= 15 is 0 Å². The summed E-state index contributed by atoms with van der Waals surface area (Å²) in [6.45, 7) is 4.35. The number of aliphatic carboxylic acids is 1. The summed E-state index contributed by atoms with van der Waals surface area (Å²) in [5.74, 6) is -8.14. The number of carbonyl (C=O) groups excluding carboxylic acids is 7. The molecule has 7 atom stereocenters. The number of amides is 7. The molecule has 0 unspecified atom stereocenters. The average Bonchev–Trinajstić information content (AvgIpc) is 3.44. The molecule has 0 aromatic rings. The molecule has 7 amide bonds. The summed E-state index contributed by atoms with van der Waals surface area (Å²) >= 11 is 0. The van der Waals surface area contributed by atoms with Gasteiger partial charge in [0, 0.05) is 6.54 Å². The van der Waals surface area contributed by atoms with Gasteiger partial charge in [0.1, 0.15) is 30.2 Å². The van der Waals surface area contributed by atoms with Crippen LogP contribution in [-0.2, 0) is 38.4 Å². The molecule has 0 aromatic carbocycles. The van der Waals surface area contributed by atoms with Crippen LogP contribution in [0.15, 0.2) is 0 Å². The highest BCUT2D eigenvalue weighted by Gasteiger charge is 2.38. The van der Waals surface area contributed by atoms with Gasteiger partial charge in [-0.1, -0.05) is 13.8 Å². The van der Waals surface area contributed by atoms with Crippen molar-refractivity contribution in [2.75, 3.05) is 19.7 Å². The predicted molar refractivity (Wildman–Crippen MR) is 154 cm³/mol. The number of nitrogens with one attached hydrogen (secondary N) is 5. The highest BCUT2D eigenvalue weighted by atomic mass is 16.4. The van der Waals surface area contributed by atoms with Gasteiger partial charge in [-0.3, -0.25) is 33.6 Å². The molecular formula is C26H44N8O11. The molecule has 1 aliphatic heterocycles. The first-order chi connectivity index (χ1) is 20.9. The smallest absolute Gasteiger partial charge is 0.326 e. The van der Waals surface area contributed by atoms with Crippen LogP contribution in [0.2, 0.25) is 0 Å². The number of rotatable bonds is 17. The average molecular weight is 645 g/mol. The molecular weight excluding hydrogens is 600 g/mol. The number of aliphatic hydroxyl groups excluding tert-OH is 2. The van der Waals surface area contributed by atoms with E-state index in [1.165, 1.54) is 27.7 Å². The Morgan fingerprint density at radius 1 is 0.844 bits per heavy atom. The van der Waals surface area contributed by atoms with Crippen molar-refractivity contribution in [2.24, 2.45) is 17.4 Å². The van der Waals surface area contributed by atoms with Crippen molar-refractivity contribution in [2.45, 2.75) is 89.3 Å². The molecule has 1 heterocycles. The molecule has 0 aliphatic carbocycles. The Kier molecular flexibility index (Phi) is 15.3. The first-order valence-electron chi connectivity index (χ1n) is 14.2. The summed E-state index contributed by atoms with van der Waals surface area (Å²) in [5, 5.41) is 40.3. The van der Waals surface area contributed by atoms with Gasteiger partial charge >= 0.3 is 5.97 Å². The van der Waals surface area contributed by atoms with Crippen molar-refractivity contribution in [3.05, 3.63) is 0 Å². The van der Waals surface area contributed by atoms with E-state index in [0.717, 1.165) is 4.90 Å². The summed E-state index contributed by atoms with van der Waals surface area (Å²) in [6, 6.07) is -8.09. The molecule has 1 rings (SSSR count). The van der Waals surface area contributed by atoms with E-state index in [-0.39, 0.29) is 13.0 Å². The van der Waals surface area contributed by atoms with Crippen molar-refractivity contribution in [3.63, 3.8) is 0 Å². The van der Waals surface area contributed by atoms with Crippen molar-refractivity contribution < 1.29 is 53.7 Å². The first-order valence-corrected chi connectivity index (χ1v) is 14.2. The number of likely N-dealkylation sites (tertiary alicyclic amines) is 1. The Hall–Kier alpha value is -4.36. The quantitative estimate of drug-likeness (QED) is 0.0708. The van der Waals surface area contributed by atoms with Crippen LogP contribution < -0.4 is 38.1 Å². The van der Waals surface area contributed by atoms with Gasteiger partial charge in [-0.05, 0) is 32.6 Å². The fourth-order valence-corrected chi connectivity index (χ4v) is 4.32. The van der Waals surface area contributed by atoms with Crippen molar-refractivity contribution in [1.29, 1.82) is 0 Å². The molecule has 1 saturated heterocycles. The highest BCUT2D eigenvalue weighted by Crippen LogP contribution is 2.18. The Morgan fingerprint density at radius 3 is 1.93 bits per heavy atom. The molecule has 1 fully saturated rings. The molecule has 19 heteroatoms. The topological polar surface area (TPSA) is 313 Å². The Morgan fingerprint density at radius 2 is 1.44 bits per heavy atom. The Bertz CT molecular complexity index is 1130. The third kappa shape index (κ3) is 11.9. The minimum atomic E-state index is -1.67. The maximum Gasteiger partial charge on any atom is 0.326 e. The molecule has 1 aliphatic rings. The maximum atomic E-state index is 13.2. The van der Waals surface area contributed by atoms with Crippen LogP contribution in [0, 0.1) is 5.92 Å². The van der Waals surface area contributed by atoms with Gasteiger partial charge in [-0.15, -0.1) is 0 Å². The molecule has 12 N–H and O–H groups in total. The van der Waals surface area contributed by atoms with Crippen LogP contribution >= 0.6 is 0 Å². The van der Waals surface area contributed by atoms with Gasteiger partial charge in [0.2, 0.25) is 41.4 Å². The number of hydrogen-bond acceptors (Lipinski definition) is 11. The zero-order valence-electron chi connectivity index (χ0n) is 25.6. The summed E-state index contributed by atoms with van der Waals surface area (Å²) in [6.07, 6.45) is -1.69. The lowest BCUT2D eigenvalue weighted by atomic mass is 10.0. The minimum Gasteiger partial charge on any atom is -0.480 e. The van der Waals surface area contributed by atoms with Gasteiger partial charge in [0.15, 0.2) is 0 Å². The normalized spacial score (nSPS) is 18.4. The second-order valence-electron chi connectivity index (χ2n) is 11.0. The number of hydrogen-bond donors (Lipinski definition) is 10. The van der Waals surface area contributed by atoms with Crippen molar-refractivity contribution in [1.82, 2.24) is 31.5 Å². The lowest BCUT2D eigenvalue weighted by Crippen LogP contribution is -2.61. The molecule has 0 spiro atoms. The fourth-order valence-electron chi connectivity index (χ4n) is 4.32. The number of nitrogens with two attached hydrogens (primary N) is 2. The second-order valence-corrected chi connectivity index (χ2v) is 11.0. The molecule has 254 valence electrons. The lowest BCUT2D eigenvalue weighted by Gasteiger charge is -2.29. The van der Waals surface area contributed by atoms with E-state index in [4.69, 9.17) is 11.5 Å². The van der Waals surface area contributed by atoms with Gasteiger partial charge in [-0.2, -0.15) is 0 Å². The molecule has 19 nitrogen and oxygen atoms in total. The molecule has 0 aromatic heterocycles. The van der Waals surface area contributed by atoms with Gasteiger partial charge in [0.05, 0.1) is 31.7 Å². The van der Waals surface area contributed by atoms with Crippen LogP contribution in [-0.4, -0.2) is 130 Å². The third-order valence-electron chi connectivity index (χ3n) is 6.85. The van der Waals surface area contributed by atoms with Crippen LogP contribution in [0.25, 0.3) is 0 Å². The Labute approximate surface area is 259 Å². The van der Waals surface area contributed by atoms with Gasteiger partial charge in [-0.25, -0.2) is 4.79 Å². The van der Waals surface area contributed by atoms with E-state index in [1.807, 2.05) is 0 Å². The minimum absolute atomic E-state index is 0.116. The Balaban J connectivity index is 2.95. The zero-order valence-corrected chi connectivity index (χ0v) is 25.6. The summed E-state index contributed by atoms with van der Waals surface area (Å²) in [4.78, 5) is 100. The molecule has 0 saturated carbocycles. The van der Waals surface area contributed by atoms with Crippen LogP contribution in [0.5, 0.6) is 0 Å². The largest absolute Gasteiger partial charge is 0.480 e. The zero-order chi connectivity index (χ0) is 34.6. The van der Waals surface area contributed by atoms with Crippen LogP contribution in [0.1, 0.15) is 47.0 Å². The van der Waals surface area contributed by atoms with Gasteiger partial charge in [0.25, 0.3) is 0 Å². The monoisotopic (exact) mass is 644 g/mol. The van der Waals surface area contributed by atoms with E-state index in [9.17, 15) is 53.7 Å². The van der Waals surface area contributed by atoms with E-state index in [0.29, 0.717) is 6.42 Å². The van der Waals surface area contributed by atoms with Crippen molar-refractivity contribution >= 4 is 47.3 Å². The lowest BCUT2D eigenvalue weighted by molar-refractivity contribution is -0.144. The maximum absolute atomic E-state index is 13.2. The molecule has 0 radical (unpaired) electrons. The number of aliphatic hydroxyl groups is 2. The van der Waals surface area contributed by atoms with E-state index < -0.39 is 115 Å². The number of nitrogens with zero attached hydrogens (tertiary/aromatic N) is 1. The molecule has 0 bridgehead atoms. The van der Waals surface area contributed by atoms with Crippen LogP contribution in [0.3, 0.4) is 0 Å². The predicted octanol–water partition coefficient (Wildman–Crippen LogP) is -5.63. The van der Waals surface area contributed by atoms with E-state index in [2.05, 4.69) is 26.6 Å². The summed E-state index contributed by atoms with van der Waals surface area (Å²) in [7, 11) is 0. The number of primary amides is 1. The number of carbonyl (C=O) groups is 8. The van der Waals surface area contributed by atoms with E-state index in [1.54, 1.807) is 0 Å². The SMILES string of the molecule is CC(C)[C@H](NC(=O)[C@H](CC(N)=O)NC(=O)[C@@H](NC(=O)[C@@H]1CCCN1C(=O)CNC(=O)[C@H](CO)NC(=O)[C@H](C)N)[C@@H](C)O)C(=O)O. The second kappa shape index (κ2) is 17.8. The first kappa shape index (κ1) is 38.7. The third-order valence-corrected chi connectivity index (χ3v) is 6.85. The standard InChI is InChI=1S/C26H44N8O11/c1-11(2)19(26(44)45)32-23(41)14(8-17(28)37)30-25(43)20(13(4)36)33-24(42)16-6-5-7-34(16)18(38)9-29-22(40)15(10-35)31-21(39)12(3)27/h11-16,19-20,35-36H,5-10,27H2,1-4H3,(H2,28,37)(H,29,40)(H,30,43)(H,31,39)(H,32,41)(H,33,42)(H,44,45)/t12-,13+,14-,15-,16-,19-,20-/m0/s1. The fraction of sp³-hybridized carbons (Fsp3) is 0.692.